The Morgan fingerprint density at radius 1 is 1.08 bits per heavy atom. The second kappa shape index (κ2) is 11.2. The molecule has 4 aromatic rings. The number of anilines is 2. The van der Waals surface area contributed by atoms with Crippen LogP contribution in [0.3, 0.4) is 0 Å². The number of benzene rings is 2. The zero-order chi connectivity index (χ0) is 26.6. The Balaban J connectivity index is 1.60. The molecule has 2 aromatic carbocycles. The third-order valence-electron chi connectivity index (χ3n) is 5.84. The molecule has 7 nitrogen and oxygen atoms in total. The van der Waals surface area contributed by atoms with E-state index in [0.717, 1.165) is 29.7 Å². The van der Waals surface area contributed by atoms with Gasteiger partial charge >= 0.3 is 0 Å². The zero-order valence-corrected chi connectivity index (χ0v) is 22.5. The van der Waals surface area contributed by atoms with Gasteiger partial charge in [-0.3, -0.25) is 0 Å². The summed E-state index contributed by atoms with van der Waals surface area (Å²) in [6.07, 6.45) is 1.70. The van der Waals surface area contributed by atoms with E-state index in [0.29, 0.717) is 22.7 Å². The van der Waals surface area contributed by atoms with Crippen molar-refractivity contribution in [3.63, 3.8) is 0 Å². The average Bonchev–Trinajstić information content (AvgIpc) is 2.84. The molecule has 1 atom stereocenters. The van der Waals surface area contributed by atoms with Crippen LogP contribution < -0.4 is 10.0 Å². The van der Waals surface area contributed by atoms with Crippen LogP contribution in [0.4, 0.5) is 16.0 Å². The quantitative estimate of drug-likeness (QED) is 0.281. The van der Waals surface area contributed by atoms with Crippen LogP contribution in [0.15, 0.2) is 60.8 Å². The molecule has 2 heterocycles. The van der Waals surface area contributed by atoms with Crippen LogP contribution in [0.5, 0.6) is 0 Å². The molecular formula is C28H33FN6OS. The molecule has 0 aliphatic heterocycles. The van der Waals surface area contributed by atoms with Gasteiger partial charge in [-0.15, -0.1) is 0 Å². The Hall–Kier alpha value is -3.56. The van der Waals surface area contributed by atoms with Crippen molar-refractivity contribution in [1.82, 2.24) is 19.9 Å². The van der Waals surface area contributed by atoms with E-state index in [9.17, 15) is 4.21 Å². The fourth-order valence-electron chi connectivity index (χ4n) is 3.95. The van der Waals surface area contributed by atoms with Gasteiger partial charge in [0.05, 0.1) is 28.8 Å². The predicted molar refractivity (Wildman–Crippen MR) is 153 cm³/mol. The maximum absolute atomic E-state index is 15.1. The molecule has 0 radical (unpaired) electrons. The topological polar surface area (TPSA) is 83.0 Å². The molecule has 0 bridgehead atoms. The average molecular weight is 521 g/mol. The van der Waals surface area contributed by atoms with E-state index in [4.69, 9.17) is 9.97 Å². The van der Waals surface area contributed by atoms with Gasteiger partial charge in [-0.25, -0.2) is 23.6 Å². The van der Waals surface area contributed by atoms with Gasteiger partial charge in [0.1, 0.15) is 11.3 Å². The lowest BCUT2D eigenvalue weighted by Gasteiger charge is -2.15. The number of nitrogens with zero attached hydrogens (tertiary/aromatic N) is 4. The SMILES string of the molecule is C=S(=O)(Cc1ccccc1)Nc1ccc(-c2cc(C(C)C)c3nc(NCCN(C)C)ncc3n2)cc1F. The summed E-state index contributed by atoms with van der Waals surface area (Å²) >= 11 is 0. The van der Waals surface area contributed by atoms with Crippen LogP contribution in [0.2, 0.25) is 0 Å². The Morgan fingerprint density at radius 2 is 1.84 bits per heavy atom. The van der Waals surface area contributed by atoms with Crippen LogP contribution in [-0.4, -0.2) is 57.1 Å². The summed E-state index contributed by atoms with van der Waals surface area (Å²) in [5.74, 6) is 4.21. The van der Waals surface area contributed by atoms with Crippen molar-refractivity contribution < 1.29 is 8.60 Å². The Morgan fingerprint density at radius 3 is 2.51 bits per heavy atom. The summed E-state index contributed by atoms with van der Waals surface area (Å²) in [6.45, 7) is 5.77. The van der Waals surface area contributed by atoms with E-state index in [1.165, 1.54) is 6.07 Å². The second-order valence-corrected chi connectivity index (χ2v) is 11.8. The fourth-order valence-corrected chi connectivity index (χ4v) is 5.32. The second-order valence-electron chi connectivity index (χ2n) is 9.65. The first-order valence-corrected chi connectivity index (χ1v) is 14.0. The molecule has 0 spiro atoms. The van der Waals surface area contributed by atoms with Gasteiger partial charge in [0, 0.05) is 28.4 Å². The molecule has 9 heteroatoms. The number of nitrogens with one attached hydrogen (secondary N) is 2. The van der Waals surface area contributed by atoms with Crippen LogP contribution in [-0.2, 0) is 15.5 Å². The summed E-state index contributed by atoms with van der Waals surface area (Å²) in [7, 11) is 1.24. The standard InChI is InChI=1S/C28H33FN6OS/c1-19(2)22-16-25(32-26-17-31-28(33-27(22)26)30-13-14-35(3)4)21-11-12-24(23(29)15-21)34-37(5,36)18-20-9-7-6-8-10-20/h6-12,15-17,19H,5,13-14,18H2,1-4H3,(H,34,36)(H,30,31,33). The molecule has 0 aliphatic carbocycles. The largest absolute Gasteiger partial charge is 0.353 e. The fraction of sp³-hybridized carbons (Fsp3) is 0.286. The minimum Gasteiger partial charge on any atom is -0.353 e. The Bertz CT molecular complexity index is 1490. The number of hydrogen-bond acceptors (Lipinski definition) is 6. The molecule has 0 saturated heterocycles. The lowest BCUT2D eigenvalue weighted by atomic mass is 9.99. The number of pyridine rings is 1. The first kappa shape index (κ1) is 26.5. The highest BCUT2D eigenvalue weighted by Gasteiger charge is 2.15. The van der Waals surface area contributed by atoms with E-state index in [2.05, 4.69) is 39.6 Å². The molecule has 4 rings (SSSR count). The number of halogens is 1. The summed E-state index contributed by atoms with van der Waals surface area (Å²) in [5, 5.41) is 3.25. The van der Waals surface area contributed by atoms with E-state index in [1.54, 1.807) is 18.3 Å². The highest BCUT2D eigenvalue weighted by molar-refractivity contribution is 8.00. The maximum Gasteiger partial charge on any atom is 0.223 e. The lowest BCUT2D eigenvalue weighted by Crippen LogP contribution is -2.21. The minimum atomic E-state index is -2.78. The Kier molecular flexibility index (Phi) is 8.04. The first-order valence-electron chi connectivity index (χ1n) is 12.1. The van der Waals surface area contributed by atoms with Gasteiger partial charge < -0.3 is 14.9 Å². The lowest BCUT2D eigenvalue weighted by molar-refractivity contribution is 0.425. The molecule has 0 amide bonds. The van der Waals surface area contributed by atoms with Crippen molar-refractivity contribution in [2.75, 3.05) is 37.2 Å². The highest BCUT2D eigenvalue weighted by Crippen LogP contribution is 2.30. The van der Waals surface area contributed by atoms with Crippen molar-refractivity contribution in [3.8, 4) is 11.3 Å². The molecule has 0 saturated carbocycles. The molecule has 194 valence electrons. The van der Waals surface area contributed by atoms with Crippen molar-refractivity contribution in [2.45, 2.75) is 25.5 Å². The van der Waals surface area contributed by atoms with Gasteiger partial charge in [-0.05, 0) is 55.2 Å². The van der Waals surface area contributed by atoms with E-state index < -0.39 is 15.5 Å². The molecule has 0 aliphatic rings. The zero-order valence-electron chi connectivity index (χ0n) is 21.7. The molecule has 37 heavy (non-hydrogen) atoms. The molecule has 2 N–H and O–H groups in total. The smallest absolute Gasteiger partial charge is 0.223 e. The van der Waals surface area contributed by atoms with Gasteiger partial charge in [0.2, 0.25) is 5.95 Å². The Labute approximate surface area is 218 Å². The van der Waals surface area contributed by atoms with Gasteiger partial charge in [-0.1, -0.05) is 50.2 Å². The number of rotatable bonds is 10. The minimum absolute atomic E-state index is 0.140. The first-order chi connectivity index (χ1) is 17.6. The number of likely N-dealkylation sites (N-methyl/N-ethyl adjacent to an activating group) is 1. The molecule has 1 unspecified atom stereocenters. The number of aromatic nitrogens is 3. The summed E-state index contributed by atoms with van der Waals surface area (Å²) < 4.78 is 30.9. The highest BCUT2D eigenvalue weighted by atomic mass is 32.2. The van der Waals surface area contributed by atoms with Crippen LogP contribution in [0.1, 0.15) is 30.9 Å². The summed E-state index contributed by atoms with van der Waals surface area (Å²) in [4.78, 5) is 15.9. The van der Waals surface area contributed by atoms with Crippen LogP contribution in [0.25, 0.3) is 22.3 Å². The van der Waals surface area contributed by atoms with Gasteiger partial charge in [0.15, 0.2) is 0 Å². The van der Waals surface area contributed by atoms with Crippen molar-refractivity contribution in [3.05, 3.63) is 77.7 Å². The maximum atomic E-state index is 15.1. The van der Waals surface area contributed by atoms with Crippen LogP contribution in [0, 0.1) is 5.82 Å². The molecule has 0 fully saturated rings. The number of fused-ring (bicyclic) bond motifs is 1. The van der Waals surface area contributed by atoms with Crippen molar-refractivity contribution in [1.29, 1.82) is 0 Å². The monoisotopic (exact) mass is 520 g/mol. The van der Waals surface area contributed by atoms with E-state index in [1.807, 2.05) is 50.5 Å². The normalized spacial score (nSPS) is 13.2. The van der Waals surface area contributed by atoms with Gasteiger partial charge in [0.25, 0.3) is 0 Å². The summed E-state index contributed by atoms with van der Waals surface area (Å²) in [6, 6.07) is 16.1. The van der Waals surface area contributed by atoms with E-state index in [-0.39, 0.29) is 17.4 Å². The summed E-state index contributed by atoms with van der Waals surface area (Å²) in [5.41, 5.74) is 4.66. The molecule has 2 aromatic heterocycles. The van der Waals surface area contributed by atoms with Gasteiger partial charge in [-0.2, -0.15) is 0 Å². The molecular weight excluding hydrogens is 487 g/mol. The van der Waals surface area contributed by atoms with Crippen molar-refractivity contribution >= 4 is 38.2 Å². The number of hydrogen-bond donors (Lipinski definition) is 2. The predicted octanol–water partition coefficient (Wildman–Crippen LogP) is 5.17. The van der Waals surface area contributed by atoms with E-state index >= 15 is 4.39 Å². The van der Waals surface area contributed by atoms with Crippen LogP contribution >= 0.6 is 0 Å². The van der Waals surface area contributed by atoms with Crippen molar-refractivity contribution in [2.24, 2.45) is 0 Å². The third-order valence-corrected chi connectivity index (χ3v) is 7.24. The third kappa shape index (κ3) is 6.81.